The lowest BCUT2D eigenvalue weighted by Crippen LogP contribution is -2.21. The molecule has 1 heterocycles. The van der Waals surface area contributed by atoms with Crippen molar-refractivity contribution < 1.29 is 4.39 Å². The van der Waals surface area contributed by atoms with E-state index in [1.54, 1.807) is 25.3 Å². The van der Waals surface area contributed by atoms with Gasteiger partial charge in [-0.2, -0.15) is 0 Å². The minimum atomic E-state index is -0.178. The number of nitrogens with one attached hydrogen (secondary N) is 1. The number of aryl methyl sites for hydroxylation is 1. The summed E-state index contributed by atoms with van der Waals surface area (Å²) in [6, 6.07) is 5.27. The highest BCUT2D eigenvalue weighted by molar-refractivity contribution is 7.05. The zero-order chi connectivity index (χ0) is 12.3. The lowest BCUT2D eigenvalue weighted by atomic mass is 10.0. The highest BCUT2D eigenvalue weighted by Gasteiger charge is 2.16. The molecule has 0 spiro atoms. The third-order valence-electron chi connectivity index (χ3n) is 2.60. The van der Waals surface area contributed by atoms with Gasteiger partial charge in [0.05, 0.1) is 17.1 Å². The van der Waals surface area contributed by atoms with E-state index >= 15 is 0 Å². The summed E-state index contributed by atoms with van der Waals surface area (Å²) in [6.45, 7) is 4.58. The second-order valence-corrected chi connectivity index (χ2v) is 4.64. The van der Waals surface area contributed by atoms with Crippen molar-refractivity contribution in [3.8, 4) is 0 Å². The molecule has 1 aromatic heterocycles. The Hall–Kier alpha value is -1.33. The van der Waals surface area contributed by atoms with Crippen molar-refractivity contribution in [2.24, 2.45) is 0 Å². The lowest BCUT2D eigenvalue weighted by Gasteiger charge is -2.16. The second kappa shape index (κ2) is 5.33. The zero-order valence-corrected chi connectivity index (χ0v) is 10.6. The number of aromatic nitrogens is 2. The number of halogens is 1. The van der Waals surface area contributed by atoms with Gasteiger partial charge in [0.15, 0.2) is 0 Å². The molecule has 0 fully saturated rings. The normalized spacial score (nSPS) is 12.6. The van der Waals surface area contributed by atoms with Gasteiger partial charge in [-0.3, -0.25) is 0 Å². The highest BCUT2D eigenvalue weighted by Crippen LogP contribution is 2.25. The minimum Gasteiger partial charge on any atom is -0.306 e. The first-order valence-electron chi connectivity index (χ1n) is 5.49. The van der Waals surface area contributed by atoms with Crippen LogP contribution in [0, 0.1) is 12.7 Å². The predicted octanol–water partition coefficient (Wildman–Crippen LogP) is 2.68. The molecule has 0 saturated carbocycles. The zero-order valence-electron chi connectivity index (χ0n) is 9.77. The largest absolute Gasteiger partial charge is 0.306 e. The van der Waals surface area contributed by atoms with Gasteiger partial charge in [0, 0.05) is 0 Å². The van der Waals surface area contributed by atoms with Crippen LogP contribution < -0.4 is 5.32 Å². The first-order chi connectivity index (χ1) is 8.22. The maximum Gasteiger partial charge on any atom is 0.126 e. The Morgan fingerprint density at radius 1 is 1.47 bits per heavy atom. The van der Waals surface area contributed by atoms with Gasteiger partial charge in [-0.05, 0) is 42.2 Å². The van der Waals surface area contributed by atoms with Crippen LogP contribution in [0.25, 0.3) is 0 Å². The Morgan fingerprint density at radius 2 is 2.29 bits per heavy atom. The Morgan fingerprint density at radius 3 is 2.88 bits per heavy atom. The van der Waals surface area contributed by atoms with Crippen molar-refractivity contribution in [2.75, 3.05) is 6.54 Å². The number of benzene rings is 1. The van der Waals surface area contributed by atoms with Crippen LogP contribution in [0.15, 0.2) is 24.4 Å². The molecule has 0 aliphatic carbocycles. The molecule has 1 aromatic carbocycles. The van der Waals surface area contributed by atoms with Crippen LogP contribution in [-0.4, -0.2) is 16.1 Å². The van der Waals surface area contributed by atoms with Gasteiger partial charge in [0.1, 0.15) is 5.82 Å². The summed E-state index contributed by atoms with van der Waals surface area (Å²) in [6.07, 6.45) is 1.72. The van der Waals surface area contributed by atoms with Crippen molar-refractivity contribution in [2.45, 2.75) is 19.9 Å². The molecule has 90 valence electrons. The van der Waals surface area contributed by atoms with Gasteiger partial charge in [0.2, 0.25) is 0 Å². The summed E-state index contributed by atoms with van der Waals surface area (Å²) in [5, 5.41) is 7.14. The van der Waals surface area contributed by atoms with E-state index in [2.05, 4.69) is 14.9 Å². The Balaban J connectivity index is 2.35. The fourth-order valence-electron chi connectivity index (χ4n) is 1.68. The van der Waals surface area contributed by atoms with Crippen LogP contribution in [0.3, 0.4) is 0 Å². The molecule has 1 unspecified atom stereocenters. The Kier molecular flexibility index (Phi) is 3.81. The fourth-order valence-corrected chi connectivity index (χ4v) is 2.29. The van der Waals surface area contributed by atoms with E-state index in [1.165, 1.54) is 11.5 Å². The summed E-state index contributed by atoms with van der Waals surface area (Å²) in [5.74, 6) is -0.178. The molecule has 0 saturated heterocycles. The lowest BCUT2D eigenvalue weighted by molar-refractivity contribution is 0.600. The van der Waals surface area contributed by atoms with E-state index in [4.69, 9.17) is 0 Å². The van der Waals surface area contributed by atoms with E-state index < -0.39 is 0 Å². The third-order valence-corrected chi connectivity index (χ3v) is 3.33. The second-order valence-electron chi connectivity index (χ2n) is 3.82. The van der Waals surface area contributed by atoms with Crippen LogP contribution in [0.2, 0.25) is 0 Å². The third kappa shape index (κ3) is 2.68. The predicted molar refractivity (Wildman–Crippen MR) is 66.6 cm³/mol. The van der Waals surface area contributed by atoms with Gasteiger partial charge in [-0.25, -0.2) is 4.39 Å². The molecule has 3 nitrogen and oxygen atoms in total. The van der Waals surface area contributed by atoms with Crippen molar-refractivity contribution in [1.29, 1.82) is 0 Å². The maximum absolute atomic E-state index is 13.6. The van der Waals surface area contributed by atoms with E-state index in [9.17, 15) is 4.39 Å². The van der Waals surface area contributed by atoms with Crippen LogP contribution in [-0.2, 0) is 0 Å². The SMILES string of the molecule is CCNC(c1ccc(C)c(F)c1)c1cnns1. The number of hydrogen-bond acceptors (Lipinski definition) is 4. The number of hydrogen-bond donors (Lipinski definition) is 1. The van der Waals surface area contributed by atoms with Crippen molar-refractivity contribution >= 4 is 11.5 Å². The first-order valence-corrected chi connectivity index (χ1v) is 6.26. The maximum atomic E-state index is 13.6. The van der Waals surface area contributed by atoms with E-state index in [1.807, 2.05) is 13.0 Å². The van der Waals surface area contributed by atoms with Gasteiger partial charge < -0.3 is 5.32 Å². The molecule has 0 bridgehead atoms. The van der Waals surface area contributed by atoms with Gasteiger partial charge in [0.25, 0.3) is 0 Å². The summed E-state index contributed by atoms with van der Waals surface area (Å²) in [4.78, 5) is 0.995. The summed E-state index contributed by atoms with van der Waals surface area (Å²) in [7, 11) is 0. The molecule has 0 aliphatic heterocycles. The molecular weight excluding hydrogens is 237 g/mol. The molecule has 2 aromatic rings. The van der Waals surface area contributed by atoms with E-state index in [0.29, 0.717) is 5.56 Å². The highest BCUT2D eigenvalue weighted by atomic mass is 32.1. The van der Waals surface area contributed by atoms with Crippen LogP contribution >= 0.6 is 11.5 Å². The summed E-state index contributed by atoms with van der Waals surface area (Å²) >= 11 is 1.33. The Bertz CT molecular complexity index is 485. The smallest absolute Gasteiger partial charge is 0.126 e. The molecule has 5 heteroatoms. The average molecular weight is 251 g/mol. The van der Waals surface area contributed by atoms with Gasteiger partial charge in [-0.1, -0.05) is 23.5 Å². The topological polar surface area (TPSA) is 37.8 Å². The van der Waals surface area contributed by atoms with Crippen molar-refractivity contribution in [3.05, 3.63) is 46.2 Å². The standard InChI is InChI=1S/C12H14FN3S/c1-3-14-12(11-7-15-16-17-11)9-5-4-8(2)10(13)6-9/h4-7,12,14H,3H2,1-2H3. The molecule has 17 heavy (non-hydrogen) atoms. The minimum absolute atomic E-state index is 0.0323. The van der Waals surface area contributed by atoms with Crippen molar-refractivity contribution in [1.82, 2.24) is 14.9 Å². The van der Waals surface area contributed by atoms with Crippen LogP contribution in [0.5, 0.6) is 0 Å². The first kappa shape index (κ1) is 12.1. The number of nitrogens with zero attached hydrogens (tertiary/aromatic N) is 2. The molecule has 1 N–H and O–H groups in total. The quantitative estimate of drug-likeness (QED) is 0.908. The fraction of sp³-hybridized carbons (Fsp3) is 0.333. The van der Waals surface area contributed by atoms with Crippen LogP contribution in [0.4, 0.5) is 4.39 Å². The summed E-state index contributed by atoms with van der Waals surface area (Å²) < 4.78 is 17.4. The monoisotopic (exact) mass is 251 g/mol. The molecule has 2 rings (SSSR count). The molecule has 1 atom stereocenters. The van der Waals surface area contributed by atoms with Gasteiger partial charge >= 0.3 is 0 Å². The summed E-state index contributed by atoms with van der Waals surface area (Å²) in [5.41, 5.74) is 1.56. The van der Waals surface area contributed by atoms with Crippen molar-refractivity contribution in [3.63, 3.8) is 0 Å². The Labute approximate surface area is 104 Å². The molecular formula is C12H14FN3S. The molecule has 0 amide bonds. The van der Waals surface area contributed by atoms with Crippen LogP contribution in [0.1, 0.15) is 29.0 Å². The van der Waals surface area contributed by atoms with E-state index in [-0.39, 0.29) is 11.9 Å². The average Bonchev–Trinajstić information content (AvgIpc) is 2.83. The molecule has 0 aliphatic rings. The van der Waals surface area contributed by atoms with Gasteiger partial charge in [-0.15, -0.1) is 5.10 Å². The van der Waals surface area contributed by atoms with E-state index in [0.717, 1.165) is 17.0 Å². The molecule has 0 radical (unpaired) electrons. The number of rotatable bonds is 4.